The molecular formula is C11H9BrN2S. The van der Waals surface area contributed by atoms with Crippen molar-refractivity contribution in [1.29, 1.82) is 0 Å². The first kappa shape index (κ1) is 10.5. The summed E-state index contributed by atoms with van der Waals surface area (Å²) in [6.45, 7) is 0. The van der Waals surface area contributed by atoms with Crippen molar-refractivity contribution in [2.24, 2.45) is 7.05 Å². The number of aryl methyl sites for hydroxylation is 1. The number of aromatic nitrogens is 2. The molecule has 4 heteroatoms. The molecule has 0 atom stereocenters. The van der Waals surface area contributed by atoms with E-state index in [2.05, 4.69) is 20.9 Å². The molecule has 0 aliphatic rings. The normalized spacial score (nSPS) is 10.3. The van der Waals surface area contributed by atoms with Gasteiger partial charge in [0, 0.05) is 28.8 Å². The number of nitrogens with zero attached hydrogens (tertiary/aromatic N) is 2. The molecular weight excluding hydrogens is 272 g/mol. The highest BCUT2D eigenvalue weighted by molar-refractivity contribution is 9.10. The van der Waals surface area contributed by atoms with Gasteiger partial charge in [0.05, 0.1) is 6.33 Å². The zero-order chi connectivity index (χ0) is 10.8. The van der Waals surface area contributed by atoms with Crippen molar-refractivity contribution in [3.8, 4) is 11.1 Å². The average Bonchev–Trinajstić information content (AvgIpc) is 2.23. The lowest BCUT2D eigenvalue weighted by atomic mass is 10.1. The molecule has 76 valence electrons. The van der Waals surface area contributed by atoms with Crippen LogP contribution in [0.2, 0.25) is 0 Å². The minimum absolute atomic E-state index is 0.625. The van der Waals surface area contributed by atoms with Crippen LogP contribution < -0.4 is 0 Å². The van der Waals surface area contributed by atoms with Crippen molar-refractivity contribution >= 4 is 28.1 Å². The predicted octanol–water partition coefficient (Wildman–Crippen LogP) is 3.58. The minimum atomic E-state index is 0.625. The molecule has 0 aliphatic heterocycles. The molecule has 1 aromatic carbocycles. The van der Waals surface area contributed by atoms with E-state index in [1.165, 1.54) is 0 Å². The van der Waals surface area contributed by atoms with Crippen molar-refractivity contribution in [3.05, 3.63) is 45.9 Å². The Balaban J connectivity index is 2.69. The summed E-state index contributed by atoms with van der Waals surface area (Å²) >= 11 is 8.72. The fraction of sp³-hybridized carbons (Fsp3) is 0.0909. The van der Waals surface area contributed by atoms with Crippen LogP contribution in [0.5, 0.6) is 0 Å². The molecule has 0 spiro atoms. The number of rotatable bonds is 1. The molecule has 0 N–H and O–H groups in total. The highest BCUT2D eigenvalue weighted by Gasteiger charge is 2.04. The second kappa shape index (κ2) is 4.24. The third kappa shape index (κ3) is 2.16. The molecule has 1 aromatic heterocycles. The van der Waals surface area contributed by atoms with E-state index in [1.54, 1.807) is 6.33 Å². The summed E-state index contributed by atoms with van der Waals surface area (Å²) in [6.07, 6.45) is 3.69. The third-order valence-corrected chi connectivity index (χ3v) is 3.10. The highest BCUT2D eigenvalue weighted by atomic mass is 79.9. The lowest BCUT2D eigenvalue weighted by Crippen LogP contribution is -1.94. The Morgan fingerprint density at radius 2 is 2.00 bits per heavy atom. The molecule has 0 saturated carbocycles. The molecule has 15 heavy (non-hydrogen) atoms. The first-order valence-corrected chi connectivity index (χ1v) is 5.66. The van der Waals surface area contributed by atoms with Crippen LogP contribution in [0.25, 0.3) is 11.1 Å². The number of halogens is 1. The van der Waals surface area contributed by atoms with Gasteiger partial charge >= 0.3 is 0 Å². The monoisotopic (exact) mass is 280 g/mol. The van der Waals surface area contributed by atoms with Crippen molar-refractivity contribution in [1.82, 2.24) is 9.55 Å². The second-order valence-corrected chi connectivity index (χ2v) is 4.48. The smallest absolute Gasteiger partial charge is 0.137 e. The highest BCUT2D eigenvalue weighted by Crippen LogP contribution is 2.27. The SMILES string of the molecule is Cn1cnc(=S)c(-c2ccccc2Br)c1. The van der Waals surface area contributed by atoms with Crippen LogP contribution in [-0.2, 0) is 7.05 Å². The van der Waals surface area contributed by atoms with Gasteiger partial charge in [0.15, 0.2) is 0 Å². The zero-order valence-corrected chi connectivity index (χ0v) is 10.5. The van der Waals surface area contributed by atoms with E-state index in [0.717, 1.165) is 15.6 Å². The summed E-state index contributed by atoms with van der Waals surface area (Å²) in [5.41, 5.74) is 2.05. The summed E-state index contributed by atoms with van der Waals surface area (Å²) < 4.78 is 3.55. The molecule has 1 heterocycles. The summed E-state index contributed by atoms with van der Waals surface area (Å²) in [5.74, 6) is 0. The van der Waals surface area contributed by atoms with Gasteiger partial charge in [-0.05, 0) is 6.07 Å². The maximum atomic E-state index is 5.21. The van der Waals surface area contributed by atoms with E-state index < -0.39 is 0 Å². The molecule has 0 amide bonds. The summed E-state index contributed by atoms with van der Waals surface area (Å²) in [5, 5.41) is 0. The van der Waals surface area contributed by atoms with Crippen LogP contribution in [0, 0.1) is 4.64 Å². The van der Waals surface area contributed by atoms with Gasteiger partial charge in [0.2, 0.25) is 0 Å². The summed E-state index contributed by atoms with van der Waals surface area (Å²) in [7, 11) is 1.93. The van der Waals surface area contributed by atoms with E-state index in [4.69, 9.17) is 12.2 Å². The van der Waals surface area contributed by atoms with E-state index in [0.29, 0.717) is 4.64 Å². The fourth-order valence-corrected chi connectivity index (χ4v) is 2.08. The van der Waals surface area contributed by atoms with Crippen molar-refractivity contribution < 1.29 is 0 Å². The number of hydrogen-bond donors (Lipinski definition) is 0. The molecule has 0 fully saturated rings. The van der Waals surface area contributed by atoms with Crippen molar-refractivity contribution in [3.63, 3.8) is 0 Å². The average molecular weight is 281 g/mol. The number of hydrogen-bond acceptors (Lipinski definition) is 2. The topological polar surface area (TPSA) is 17.8 Å². The van der Waals surface area contributed by atoms with E-state index in [1.807, 2.05) is 42.1 Å². The molecule has 0 radical (unpaired) electrons. The van der Waals surface area contributed by atoms with Crippen LogP contribution in [0.4, 0.5) is 0 Å². The van der Waals surface area contributed by atoms with Crippen LogP contribution >= 0.6 is 28.1 Å². The fourth-order valence-electron chi connectivity index (χ4n) is 1.37. The maximum Gasteiger partial charge on any atom is 0.137 e. The van der Waals surface area contributed by atoms with Gasteiger partial charge in [-0.15, -0.1) is 0 Å². The maximum absolute atomic E-state index is 5.21. The van der Waals surface area contributed by atoms with E-state index >= 15 is 0 Å². The van der Waals surface area contributed by atoms with Crippen LogP contribution in [0.1, 0.15) is 0 Å². The van der Waals surface area contributed by atoms with Crippen LogP contribution in [-0.4, -0.2) is 9.55 Å². The van der Waals surface area contributed by atoms with Gasteiger partial charge in [0.1, 0.15) is 4.64 Å². The van der Waals surface area contributed by atoms with Crippen LogP contribution in [0.3, 0.4) is 0 Å². The molecule has 0 bridgehead atoms. The summed E-state index contributed by atoms with van der Waals surface area (Å²) in [4.78, 5) is 4.15. The Labute approximate surface area is 102 Å². The molecule has 2 aromatic rings. The Kier molecular flexibility index (Phi) is 2.98. The standard InChI is InChI=1S/C11H9BrN2S/c1-14-6-9(11(15)13-7-14)8-4-2-3-5-10(8)12/h2-7H,1H3. The Hall–Kier alpha value is -1.00. The quantitative estimate of drug-likeness (QED) is 0.743. The Morgan fingerprint density at radius 3 is 2.73 bits per heavy atom. The predicted molar refractivity (Wildman–Crippen MR) is 67.2 cm³/mol. The lowest BCUT2D eigenvalue weighted by Gasteiger charge is -2.05. The van der Waals surface area contributed by atoms with Crippen molar-refractivity contribution in [2.75, 3.05) is 0 Å². The van der Waals surface area contributed by atoms with Crippen molar-refractivity contribution in [2.45, 2.75) is 0 Å². The van der Waals surface area contributed by atoms with E-state index in [-0.39, 0.29) is 0 Å². The molecule has 0 unspecified atom stereocenters. The van der Waals surface area contributed by atoms with Gasteiger partial charge < -0.3 is 4.57 Å². The zero-order valence-electron chi connectivity index (χ0n) is 8.14. The molecule has 2 nitrogen and oxygen atoms in total. The first-order valence-electron chi connectivity index (χ1n) is 4.45. The second-order valence-electron chi connectivity index (χ2n) is 3.24. The first-order chi connectivity index (χ1) is 7.18. The lowest BCUT2D eigenvalue weighted by molar-refractivity contribution is 0.862. The van der Waals surface area contributed by atoms with Gasteiger partial charge in [-0.3, -0.25) is 0 Å². The number of benzene rings is 1. The van der Waals surface area contributed by atoms with Gasteiger partial charge in [-0.25, -0.2) is 4.98 Å². The molecule has 0 aliphatic carbocycles. The Bertz CT molecular complexity index is 548. The molecule has 0 saturated heterocycles. The van der Waals surface area contributed by atoms with Crippen LogP contribution in [0.15, 0.2) is 41.3 Å². The largest absolute Gasteiger partial charge is 0.341 e. The third-order valence-electron chi connectivity index (χ3n) is 2.08. The van der Waals surface area contributed by atoms with E-state index in [9.17, 15) is 0 Å². The Morgan fingerprint density at radius 1 is 1.27 bits per heavy atom. The minimum Gasteiger partial charge on any atom is -0.341 e. The van der Waals surface area contributed by atoms with Gasteiger partial charge in [-0.2, -0.15) is 0 Å². The summed E-state index contributed by atoms with van der Waals surface area (Å²) in [6, 6.07) is 7.99. The van der Waals surface area contributed by atoms with Gasteiger partial charge in [0.25, 0.3) is 0 Å². The molecule has 2 rings (SSSR count). The van der Waals surface area contributed by atoms with Gasteiger partial charge in [-0.1, -0.05) is 46.3 Å².